The Morgan fingerprint density at radius 2 is 2.00 bits per heavy atom. The molecule has 186 valence electrons. The molecule has 9 heteroatoms. The van der Waals surface area contributed by atoms with Crippen molar-refractivity contribution in [3.63, 3.8) is 0 Å². The Labute approximate surface area is 210 Å². The molecule has 1 unspecified atom stereocenters. The summed E-state index contributed by atoms with van der Waals surface area (Å²) in [5.41, 5.74) is 1.49. The third-order valence-corrected chi connectivity index (χ3v) is 7.20. The number of ether oxygens (including phenoxy) is 1. The molecule has 0 saturated carbocycles. The number of rotatable bonds is 11. The summed E-state index contributed by atoms with van der Waals surface area (Å²) in [4.78, 5) is 38.8. The van der Waals surface area contributed by atoms with E-state index in [-0.39, 0.29) is 30.9 Å². The van der Waals surface area contributed by atoms with Crippen LogP contribution in [0.4, 0.5) is 0 Å². The molecule has 1 aliphatic rings. The van der Waals surface area contributed by atoms with Crippen molar-refractivity contribution in [2.45, 2.75) is 50.1 Å². The summed E-state index contributed by atoms with van der Waals surface area (Å²) in [5.74, 6) is 0.321. The molecule has 35 heavy (non-hydrogen) atoms. The van der Waals surface area contributed by atoms with Gasteiger partial charge in [0.1, 0.15) is 5.58 Å². The average molecular weight is 497 g/mol. The molecule has 3 aromatic rings. The highest BCUT2D eigenvalue weighted by atomic mass is 32.2. The lowest BCUT2D eigenvalue weighted by Gasteiger charge is -2.30. The third kappa shape index (κ3) is 6.21. The van der Waals surface area contributed by atoms with Crippen molar-refractivity contribution >= 4 is 34.6 Å². The van der Waals surface area contributed by atoms with Crippen molar-refractivity contribution in [1.29, 1.82) is 0 Å². The smallest absolute Gasteiger partial charge is 0.307 e. The minimum absolute atomic E-state index is 0.153. The van der Waals surface area contributed by atoms with Crippen LogP contribution in [-0.2, 0) is 15.3 Å². The fourth-order valence-corrected chi connectivity index (χ4v) is 5.39. The Bertz CT molecular complexity index is 1140. The average Bonchev–Trinajstić information content (AvgIpc) is 3.49. The zero-order chi connectivity index (χ0) is 24.6. The summed E-state index contributed by atoms with van der Waals surface area (Å²) in [5, 5.41) is 1.54. The summed E-state index contributed by atoms with van der Waals surface area (Å²) in [7, 11) is 0. The third-order valence-electron chi connectivity index (χ3n) is 6.29. The molecule has 0 aliphatic carbocycles. The second-order valence-electron chi connectivity index (χ2n) is 8.46. The van der Waals surface area contributed by atoms with E-state index in [4.69, 9.17) is 9.15 Å². The van der Waals surface area contributed by atoms with Crippen LogP contribution < -0.4 is 0 Å². The zero-order valence-electron chi connectivity index (χ0n) is 20.3. The number of para-hydroxylation sites is 1. The van der Waals surface area contributed by atoms with Gasteiger partial charge in [-0.05, 0) is 45.0 Å². The number of furan rings is 1. The van der Waals surface area contributed by atoms with Crippen molar-refractivity contribution < 1.29 is 18.7 Å². The van der Waals surface area contributed by atoms with Crippen LogP contribution in [0.15, 0.2) is 52.3 Å². The van der Waals surface area contributed by atoms with Gasteiger partial charge in [-0.2, -0.15) is 0 Å². The van der Waals surface area contributed by atoms with Crippen molar-refractivity contribution in [3.8, 4) is 0 Å². The maximum Gasteiger partial charge on any atom is 0.307 e. The number of thioether (sulfide) groups is 1. The van der Waals surface area contributed by atoms with E-state index >= 15 is 0 Å². The highest BCUT2D eigenvalue weighted by molar-refractivity contribution is 7.98. The van der Waals surface area contributed by atoms with Crippen LogP contribution in [-0.4, -0.2) is 70.5 Å². The lowest BCUT2D eigenvalue weighted by molar-refractivity contribution is -0.143. The molecule has 1 atom stereocenters. The first-order valence-corrected chi connectivity index (χ1v) is 13.2. The first-order chi connectivity index (χ1) is 17.1. The summed E-state index contributed by atoms with van der Waals surface area (Å²) < 4.78 is 11.2. The molecule has 2 aromatic heterocycles. The predicted octanol–water partition coefficient (Wildman–Crippen LogP) is 4.39. The van der Waals surface area contributed by atoms with Crippen LogP contribution in [0.3, 0.4) is 0 Å². The largest absolute Gasteiger partial charge is 0.466 e. The number of carbonyl (C=O) groups is 2. The topological polar surface area (TPSA) is 88.8 Å². The van der Waals surface area contributed by atoms with E-state index < -0.39 is 0 Å². The molecule has 3 heterocycles. The van der Waals surface area contributed by atoms with Crippen LogP contribution in [0.2, 0.25) is 0 Å². The lowest BCUT2D eigenvalue weighted by atomic mass is 10.1. The fourth-order valence-electron chi connectivity index (χ4n) is 4.56. The van der Waals surface area contributed by atoms with Crippen molar-refractivity contribution in [1.82, 2.24) is 19.8 Å². The van der Waals surface area contributed by atoms with E-state index in [9.17, 15) is 9.59 Å². The number of hydrogen-bond donors (Lipinski definition) is 0. The van der Waals surface area contributed by atoms with E-state index in [0.717, 1.165) is 36.9 Å². The van der Waals surface area contributed by atoms with Gasteiger partial charge in [0.25, 0.3) is 5.91 Å². The van der Waals surface area contributed by atoms with Gasteiger partial charge in [0.05, 0.1) is 13.0 Å². The molecule has 0 radical (unpaired) electrons. The van der Waals surface area contributed by atoms with Crippen LogP contribution in [0.25, 0.3) is 11.0 Å². The van der Waals surface area contributed by atoms with Gasteiger partial charge >= 0.3 is 5.97 Å². The first kappa shape index (κ1) is 25.2. The summed E-state index contributed by atoms with van der Waals surface area (Å²) in [6.45, 7) is 7.07. The number of hydrogen-bond acceptors (Lipinski definition) is 8. The Kier molecular flexibility index (Phi) is 8.76. The van der Waals surface area contributed by atoms with Gasteiger partial charge in [0.15, 0.2) is 10.9 Å². The Balaban J connectivity index is 1.62. The second kappa shape index (κ2) is 12.2. The molecular formula is C26H32N4O4S. The Hall–Kier alpha value is -2.91. The molecule has 8 nitrogen and oxygen atoms in total. The van der Waals surface area contributed by atoms with E-state index in [1.165, 1.54) is 11.8 Å². The lowest BCUT2D eigenvalue weighted by Crippen LogP contribution is -2.44. The highest BCUT2D eigenvalue weighted by Crippen LogP contribution is 2.32. The van der Waals surface area contributed by atoms with Gasteiger partial charge in [0.2, 0.25) is 0 Å². The van der Waals surface area contributed by atoms with Crippen LogP contribution in [0, 0.1) is 0 Å². The van der Waals surface area contributed by atoms with Gasteiger partial charge in [0, 0.05) is 48.2 Å². The van der Waals surface area contributed by atoms with E-state index in [1.807, 2.05) is 24.3 Å². The van der Waals surface area contributed by atoms with Gasteiger partial charge < -0.3 is 14.1 Å². The fraction of sp³-hybridized carbons (Fsp3) is 0.462. The molecule has 4 rings (SSSR count). The molecule has 1 aliphatic heterocycles. The van der Waals surface area contributed by atoms with Gasteiger partial charge in [-0.15, -0.1) is 0 Å². The zero-order valence-corrected chi connectivity index (χ0v) is 21.1. The maximum atomic E-state index is 13.9. The van der Waals surface area contributed by atoms with Crippen LogP contribution in [0.5, 0.6) is 0 Å². The number of esters is 1. The van der Waals surface area contributed by atoms with Crippen molar-refractivity contribution in [3.05, 3.63) is 54.0 Å². The van der Waals surface area contributed by atoms with Crippen LogP contribution >= 0.6 is 11.8 Å². The number of carbonyl (C=O) groups excluding carboxylic acids is 2. The Morgan fingerprint density at radius 1 is 1.20 bits per heavy atom. The van der Waals surface area contributed by atoms with Crippen molar-refractivity contribution in [2.75, 3.05) is 32.8 Å². The van der Waals surface area contributed by atoms with Gasteiger partial charge in [-0.25, -0.2) is 9.97 Å². The van der Waals surface area contributed by atoms with E-state index in [2.05, 4.69) is 21.8 Å². The summed E-state index contributed by atoms with van der Waals surface area (Å²) in [6.07, 6.45) is 5.70. The Morgan fingerprint density at radius 3 is 2.77 bits per heavy atom. The predicted molar refractivity (Wildman–Crippen MR) is 135 cm³/mol. The van der Waals surface area contributed by atoms with E-state index in [1.54, 1.807) is 30.3 Å². The molecule has 1 fully saturated rings. The molecular weight excluding hydrogens is 464 g/mol. The summed E-state index contributed by atoms with van der Waals surface area (Å²) in [6, 6.07) is 9.72. The monoisotopic (exact) mass is 496 g/mol. The van der Waals surface area contributed by atoms with Gasteiger partial charge in [-0.3, -0.25) is 14.5 Å². The number of nitrogens with zero attached hydrogens (tertiary/aromatic N) is 4. The quantitative estimate of drug-likeness (QED) is 0.219. The standard InChI is InChI=1S/C26H32N4O4S/c1-3-29-15-7-9-19(29)17-30(16-12-23(31)33-4-2)25(32)24-21(18-35-26-27-13-8-14-28-26)20-10-5-6-11-22(20)34-24/h5-6,8,10-11,13-14,19H,3-4,7,9,12,15-18H2,1-2H3. The van der Waals surface area contributed by atoms with Crippen molar-refractivity contribution in [2.24, 2.45) is 0 Å². The molecule has 0 N–H and O–H groups in total. The minimum Gasteiger partial charge on any atom is -0.466 e. The maximum absolute atomic E-state index is 13.9. The number of fused-ring (bicyclic) bond motifs is 1. The molecule has 0 spiro atoms. The summed E-state index contributed by atoms with van der Waals surface area (Å²) >= 11 is 1.46. The molecule has 1 aromatic carbocycles. The van der Waals surface area contributed by atoms with Gasteiger partial charge in [-0.1, -0.05) is 36.9 Å². The number of amides is 1. The molecule has 1 amide bonds. The highest BCUT2D eigenvalue weighted by Gasteiger charge is 2.31. The number of likely N-dealkylation sites (tertiary alicyclic amines) is 1. The minimum atomic E-state index is -0.300. The number of benzene rings is 1. The van der Waals surface area contributed by atoms with Crippen LogP contribution in [0.1, 0.15) is 49.2 Å². The second-order valence-corrected chi connectivity index (χ2v) is 9.40. The number of likely N-dealkylation sites (N-methyl/N-ethyl adjacent to an activating group) is 1. The first-order valence-electron chi connectivity index (χ1n) is 12.2. The number of aromatic nitrogens is 2. The SMILES string of the molecule is CCOC(=O)CCN(CC1CCCN1CC)C(=O)c1oc2ccccc2c1CSc1ncccn1. The van der Waals surface area contributed by atoms with E-state index in [0.29, 0.717) is 35.4 Å². The molecule has 1 saturated heterocycles. The molecule has 0 bridgehead atoms. The normalized spacial score (nSPS) is 16.0.